The van der Waals surface area contributed by atoms with Gasteiger partial charge in [-0.25, -0.2) is 9.48 Å². The Balaban J connectivity index is 1.38. The summed E-state index contributed by atoms with van der Waals surface area (Å²) in [5, 5.41) is 11.0. The first-order chi connectivity index (χ1) is 12.3. The first kappa shape index (κ1) is 17.3. The van der Waals surface area contributed by atoms with Gasteiger partial charge in [0.25, 0.3) is 0 Å². The highest BCUT2D eigenvalue weighted by Crippen LogP contribution is 2.09. The minimum absolute atomic E-state index is 0.0238. The van der Waals surface area contributed by atoms with Crippen molar-refractivity contribution in [3.05, 3.63) is 40.5 Å². The van der Waals surface area contributed by atoms with Crippen molar-refractivity contribution in [2.45, 2.75) is 45.2 Å². The Morgan fingerprint density at radius 1 is 1.36 bits per heavy atom. The number of hydrogen-bond donors (Lipinski definition) is 2. The Kier molecular flexibility index (Phi) is 5.92. The lowest BCUT2D eigenvalue weighted by Gasteiger charge is -2.11. The number of aliphatic imine (C=N–C) groups is 1. The fourth-order valence-electron chi connectivity index (χ4n) is 3.01. The van der Waals surface area contributed by atoms with Gasteiger partial charge >= 0.3 is 5.69 Å². The monoisotopic (exact) mass is 346 g/mol. The molecule has 0 radical (unpaired) electrons. The van der Waals surface area contributed by atoms with Crippen LogP contribution in [-0.2, 0) is 25.9 Å². The lowest BCUT2D eigenvalue weighted by Crippen LogP contribution is -2.39. The highest BCUT2D eigenvalue weighted by atomic mass is 16.3. The summed E-state index contributed by atoms with van der Waals surface area (Å²) in [7, 11) is 1.75. The second-order valence-corrected chi connectivity index (χ2v) is 6.14. The summed E-state index contributed by atoms with van der Waals surface area (Å²) in [4.78, 5) is 16.4. The molecule has 1 aliphatic heterocycles. The molecular formula is C17H26N6O2. The molecule has 3 rings (SSSR count). The summed E-state index contributed by atoms with van der Waals surface area (Å²) in [6, 6.07) is 3.85. The zero-order chi connectivity index (χ0) is 17.5. The molecule has 0 saturated carbocycles. The maximum atomic E-state index is 12.2. The van der Waals surface area contributed by atoms with Crippen LogP contribution in [0, 0.1) is 0 Å². The second kappa shape index (κ2) is 8.55. The van der Waals surface area contributed by atoms with Gasteiger partial charge in [-0.1, -0.05) is 0 Å². The van der Waals surface area contributed by atoms with Crippen molar-refractivity contribution in [3.63, 3.8) is 0 Å². The van der Waals surface area contributed by atoms with Crippen LogP contribution in [0.4, 0.5) is 0 Å². The van der Waals surface area contributed by atoms with Gasteiger partial charge in [0, 0.05) is 46.1 Å². The predicted octanol–water partition coefficient (Wildman–Crippen LogP) is 0.772. The number of aryl methyl sites for hydroxylation is 2. The minimum atomic E-state index is 0.0238. The van der Waals surface area contributed by atoms with Gasteiger partial charge in [-0.3, -0.25) is 9.56 Å². The Morgan fingerprint density at radius 3 is 3.00 bits per heavy atom. The minimum Gasteiger partial charge on any atom is -0.469 e. The van der Waals surface area contributed by atoms with E-state index in [1.54, 1.807) is 18.0 Å². The molecule has 8 nitrogen and oxygen atoms in total. The van der Waals surface area contributed by atoms with Gasteiger partial charge in [-0.2, -0.15) is 5.10 Å². The van der Waals surface area contributed by atoms with Gasteiger partial charge in [0.1, 0.15) is 11.6 Å². The molecule has 0 fully saturated rings. The highest BCUT2D eigenvalue weighted by molar-refractivity contribution is 5.79. The van der Waals surface area contributed by atoms with Gasteiger partial charge in [-0.05, 0) is 31.4 Å². The molecule has 25 heavy (non-hydrogen) atoms. The number of guanidine groups is 1. The first-order valence-electron chi connectivity index (χ1n) is 8.91. The molecule has 8 heteroatoms. The van der Waals surface area contributed by atoms with E-state index in [4.69, 9.17) is 4.42 Å². The second-order valence-electron chi connectivity index (χ2n) is 6.14. The predicted molar refractivity (Wildman–Crippen MR) is 95.8 cm³/mol. The van der Waals surface area contributed by atoms with Crippen LogP contribution in [0.5, 0.6) is 0 Å². The number of aromatic nitrogens is 3. The van der Waals surface area contributed by atoms with Crippen LogP contribution in [0.25, 0.3) is 0 Å². The maximum Gasteiger partial charge on any atom is 0.345 e. The molecule has 2 N–H and O–H groups in total. The third-order valence-corrected chi connectivity index (χ3v) is 4.34. The number of fused-ring (bicyclic) bond motifs is 1. The molecule has 0 aliphatic carbocycles. The molecule has 3 heterocycles. The molecule has 0 saturated heterocycles. The molecular weight excluding hydrogens is 320 g/mol. The summed E-state index contributed by atoms with van der Waals surface area (Å²) in [6.07, 6.45) is 6.40. The fourth-order valence-corrected chi connectivity index (χ4v) is 3.01. The number of nitrogens with one attached hydrogen (secondary N) is 2. The lowest BCUT2D eigenvalue weighted by atomic mass is 10.2. The molecule has 0 unspecified atom stereocenters. The number of furan rings is 1. The van der Waals surface area contributed by atoms with Gasteiger partial charge < -0.3 is 15.1 Å². The van der Waals surface area contributed by atoms with E-state index in [1.807, 2.05) is 16.7 Å². The van der Waals surface area contributed by atoms with Crippen LogP contribution in [0.15, 0.2) is 32.6 Å². The van der Waals surface area contributed by atoms with E-state index in [2.05, 4.69) is 20.7 Å². The van der Waals surface area contributed by atoms with Gasteiger partial charge in [0.15, 0.2) is 5.96 Å². The third-order valence-electron chi connectivity index (χ3n) is 4.34. The van der Waals surface area contributed by atoms with Crippen molar-refractivity contribution in [3.8, 4) is 0 Å². The van der Waals surface area contributed by atoms with Crippen molar-refractivity contribution in [2.24, 2.45) is 4.99 Å². The van der Waals surface area contributed by atoms with E-state index in [1.165, 1.54) is 0 Å². The average molecular weight is 346 g/mol. The van der Waals surface area contributed by atoms with Crippen molar-refractivity contribution in [1.82, 2.24) is 25.0 Å². The van der Waals surface area contributed by atoms with Crippen LogP contribution < -0.4 is 16.3 Å². The summed E-state index contributed by atoms with van der Waals surface area (Å²) >= 11 is 0. The third kappa shape index (κ3) is 4.52. The molecule has 2 aromatic heterocycles. The SMILES string of the molecule is CN=C(NCCCn1nc2n(c1=O)CCCC2)NCCc1ccco1. The standard InChI is InChI=1S/C17H26N6O2/c1-18-16(20-10-8-14-6-4-13-25-14)19-9-5-12-23-17(24)22-11-3-2-7-15(22)21-23/h4,6,13H,2-3,5,7-12H2,1H3,(H2,18,19,20). The van der Waals surface area contributed by atoms with E-state index in [9.17, 15) is 4.79 Å². The molecule has 0 spiro atoms. The van der Waals surface area contributed by atoms with Crippen LogP contribution in [-0.4, -0.2) is 40.4 Å². The van der Waals surface area contributed by atoms with Crippen LogP contribution in [0.2, 0.25) is 0 Å². The van der Waals surface area contributed by atoms with Crippen molar-refractivity contribution < 1.29 is 4.42 Å². The summed E-state index contributed by atoms with van der Waals surface area (Å²) in [5.41, 5.74) is 0.0238. The zero-order valence-electron chi connectivity index (χ0n) is 14.7. The molecule has 0 bridgehead atoms. The van der Waals surface area contributed by atoms with E-state index >= 15 is 0 Å². The van der Waals surface area contributed by atoms with Gasteiger partial charge in [0.2, 0.25) is 0 Å². The van der Waals surface area contributed by atoms with Crippen molar-refractivity contribution >= 4 is 5.96 Å². The van der Waals surface area contributed by atoms with Crippen molar-refractivity contribution in [2.75, 3.05) is 20.1 Å². The van der Waals surface area contributed by atoms with Crippen molar-refractivity contribution in [1.29, 1.82) is 0 Å². The van der Waals surface area contributed by atoms with Crippen LogP contribution in [0.1, 0.15) is 30.8 Å². The Labute approximate surface area is 146 Å². The molecule has 1 aliphatic rings. The largest absolute Gasteiger partial charge is 0.469 e. The van der Waals surface area contributed by atoms with Crippen LogP contribution >= 0.6 is 0 Å². The zero-order valence-corrected chi connectivity index (χ0v) is 14.7. The first-order valence-corrected chi connectivity index (χ1v) is 8.91. The van der Waals surface area contributed by atoms with Crippen LogP contribution in [0.3, 0.4) is 0 Å². The van der Waals surface area contributed by atoms with E-state index < -0.39 is 0 Å². The molecule has 0 atom stereocenters. The normalized spacial score (nSPS) is 14.4. The van der Waals surface area contributed by atoms with Gasteiger partial charge in [0.05, 0.1) is 6.26 Å². The molecule has 0 aromatic carbocycles. The fraction of sp³-hybridized carbons (Fsp3) is 0.588. The van der Waals surface area contributed by atoms with E-state index in [-0.39, 0.29) is 5.69 Å². The number of hydrogen-bond acceptors (Lipinski definition) is 4. The summed E-state index contributed by atoms with van der Waals surface area (Å²) in [6.45, 7) is 2.91. The smallest absolute Gasteiger partial charge is 0.345 e. The van der Waals surface area contributed by atoms with E-state index in [0.717, 1.165) is 69.3 Å². The van der Waals surface area contributed by atoms with E-state index in [0.29, 0.717) is 6.54 Å². The topological polar surface area (TPSA) is 89.4 Å². The molecule has 2 aromatic rings. The summed E-state index contributed by atoms with van der Waals surface area (Å²) < 4.78 is 8.70. The Bertz CT molecular complexity index is 744. The maximum absolute atomic E-state index is 12.2. The quantitative estimate of drug-likeness (QED) is 0.439. The Hall–Kier alpha value is -2.51. The van der Waals surface area contributed by atoms with Gasteiger partial charge in [-0.15, -0.1) is 0 Å². The molecule has 0 amide bonds. The highest BCUT2D eigenvalue weighted by Gasteiger charge is 2.16. The summed E-state index contributed by atoms with van der Waals surface area (Å²) in [5.74, 6) is 2.63. The number of rotatable bonds is 7. The Morgan fingerprint density at radius 2 is 2.24 bits per heavy atom. The average Bonchev–Trinajstić information content (AvgIpc) is 3.26. The number of nitrogens with zero attached hydrogens (tertiary/aromatic N) is 4. The lowest BCUT2D eigenvalue weighted by molar-refractivity contribution is 0.505. The molecule has 136 valence electrons.